The van der Waals surface area contributed by atoms with Gasteiger partial charge in [-0.2, -0.15) is 0 Å². The summed E-state index contributed by atoms with van der Waals surface area (Å²) in [6, 6.07) is 7.50. The van der Waals surface area contributed by atoms with Crippen LogP contribution in [-0.4, -0.2) is 73.8 Å². The number of fused-ring (bicyclic) bond motifs is 5. The topological polar surface area (TPSA) is 134 Å². The second-order valence-electron chi connectivity index (χ2n) is 12.4. The molecule has 6 heterocycles. The van der Waals surface area contributed by atoms with E-state index in [4.69, 9.17) is 14.5 Å². The molecule has 0 bridgehead atoms. The summed E-state index contributed by atoms with van der Waals surface area (Å²) in [5, 5.41) is 22.5. The van der Waals surface area contributed by atoms with Gasteiger partial charge in [-0.3, -0.25) is 4.79 Å². The van der Waals surface area contributed by atoms with Gasteiger partial charge in [0.15, 0.2) is 5.60 Å². The van der Waals surface area contributed by atoms with Gasteiger partial charge >= 0.3 is 12.1 Å². The van der Waals surface area contributed by atoms with Crippen LogP contribution in [0.1, 0.15) is 80.9 Å². The summed E-state index contributed by atoms with van der Waals surface area (Å²) < 4.78 is 12.3. The van der Waals surface area contributed by atoms with Gasteiger partial charge < -0.3 is 34.1 Å². The molecule has 1 unspecified atom stereocenters. The summed E-state index contributed by atoms with van der Waals surface area (Å²) in [5.41, 5.74) is 0.864. The quantitative estimate of drug-likeness (QED) is 0.202. The molecular weight excluding hydrogens is 574 g/mol. The van der Waals surface area contributed by atoms with Crippen molar-refractivity contribution in [3.8, 4) is 17.1 Å². The van der Waals surface area contributed by atoms with E-state index in [9.17, 15) is 24.6 Å². The Morgan fingerprint density at radius 1 is 1.09 bits per heavy atom. The Morgan fingerprint density at radius 2 is 1.84 bits per heavy atom. The molecule has 2 fully saturated rings. The zero-order chi connectivity index (χ0) is 30.7. The molecule has 0 saturated carbocycles. The first-order chi connectivity index (χ1) is 21.2. The maximum Gasteiger partial charge on any atom is 0.415 e. The predicted octanol–water partition coefficient (Wildman–Crippen LogP) is 3.58. The van der Waals surface area contributed by atoms with Crippen molar-refractivity contribution < 1.29 is 29.3 Å². The number of ether oxygens (including phenoxy) is 2. The SMILES string of the molecule is CC[C@@]1(O)C(=O)OC(O)c2c1cc1n(c2=O)Cc2c-1n[13c]1[13cH][13cH][13c](OC(=O)N3CCC([15N]4CCCCC4)CC3)[13cH][13c]1[13c]2[13CH2][13CH3]. The molecule has 0 aliphatic carbocycles. The first-order valence-electron chi connectivity index (χ1n) is 15.8. The predicted molar refractivity (Wildman–Crippen MR) is 161 cm³/mol. The maximum absolute atomic E-state index is 13.6. The second kappa shape index (κ2) is 11.0. The third-order valence-electron chi connectivity index (χ3n) is 10.0. The van der Waals surface area contributed by atoms with Crippen LogP contribution >= 0.6 is 0 Å². The molecule has 1 aromatic carbocycles. The zero-order valence-corrected chi connectivity index (χ0v) is 25.2. The van der Waals surface area contributed by atoms with Crippen LogP contribution in [0.3, 0.4) is 0 Å². The van der Waals surface area contributed by atoms with E-state index in [0.717, 1.165) is 42.4 Å². The maximum atomic E-state index is 13.6. The fourth-order valence-electron chi connectivity index (χ4n) is 7.52. The summed E-state index contributed by atoms with van der Waals surface area (Å²) in [6.07, 6.45) is 4.24. The highest BCUT2D eigenvalue weighted by Crippen LogP contribution is 2.42. The van der Waals surface area contributed by atoms with Crippen LogP contribution < -0.4 is 10.3 Å². The number of aryl methyl sites for hydroxylation is 1. The van der Waals surface area contributed by atoms with Crippen molar-refractivity contribution >= 4 is 23.0 Å². The number of carbonyl (C=O) groups is 2. The van der Waals surface area contributed by atoms with E-state index >= 15 is 0 Å². The number of nitrogens with zero attached hydrogens (tertiary/aromatic N) is 4. The fraction of sp³-hybridized carbons (Fsp3) is 0.515. The number of rotatable bonds is 4. The highest BCUT2D eigenvalue weighted by Gasteiger charge is 2.48. The number of benzene rings is 1. The van der Waals surface area contributed by atoms with Gasteiger partial charge in [-0.25, -0.2) is 14.6 Å². The van der Waals surface area contributed by atoms with Crippen molar-refractivity contribution in [2.75, 3.05) is 26.2 Å². The van der Waals surface area contributed by atoms with Crippen LogP contribution in [0, 0.1) is 0 Å². The summed E-state index contributed by atoms with van der Waals surface area (Å²) in [4.78, 5) is 48.6. The molecule has 0 radical (unpaired) electrons. The Hall–Kier alpha value is -3.80. The molecule has 7 rings (SSSR count). The Morgan fingerprint density at radius 3 is 2.55 bits per heavy atom. The molecule has 0 spiro atoms. The minimum atomic E-state index is -2.04. The summed E-state index contributed by atoms with van der Waals surface area (Å²) >= 11 is 0. The Balaban J connectivity index is 1.18. The molecule has 3 aromatic rings. The number of amides is 1. The van der Waals surface area contributed by atoms with Crippen molar-refractivity contribution in [1.29, 1.82) is 0 Å². The van der Waals surface area contributed by atoms with Gasteiger partial charge in [-0.15, -0.1) is 0 Å². The summed E-state index contributed by atoms with van der Waals surface area (Å²) in [6.45, 7) is 7.51. The first kappa shape index (κ1) is 28.9. The average Bonchev–Trinajstić information content (AvgIpc) is 3.41. The third kappa shape index (κ3) is 4.52. The van der Waals surface area contributed by atoms with Gasteiger partial charge in [-0.1, -0.05) is 20.3 Å². The van der Waals surface area contributed by atoms with E-state index in [1.807, 2.05) is 19.1 Å². The highest BCUT2D eigenvalue weighted by molar-refractivity contribution is 5.90. The Kier molecular flexibility index (Phi) is 7.22. The number of piperidine rings is 2. The molecule has 11 heteroatoms. The molecule has 2 N–H and O–H groups in total. The van der Waals surface area contributed by atoms with Gasteiger partial charge in [0.05, 0.1) is 29.0 Å². The van der Waals surface area contributed by atoms with Crippen molar-refractivity contribution in [1.82, 2.24) is 19.4 Å². The third-order valence-corrected chi connectivity index (χ3v) is 10.0. The molecule has 232 valence electrons. The lowest BCUT2D eigenvalue weighted by molar-refractivity contribution is -0.199. The van der Waals surface area contributed by atoms with Crippen molar-refractivity contribution in [3.05, 3.63) is 56.9 Å². The second-order valence-corrected chi connectivity index (χ2v) is 12.4. The van der Waals surface area contributed by atoms with Gasteiger partial charge in [-0.05, 0) is 81.4 Å². The van der Waals surface area contributed by atoms with E-state index < -0.39 is 23.4 Å². The van der Waals surface area contributed by atoms with E-state index in [0.29, 0.717) is 48.2 Å². The van der Waals surface area contributed by atoms with E-state index in [-0.39, 0.29) is 30.2 Å². The van der Waals surface area contributed by atoms with Crippen molar-refractivity contribution in [2.24, 2.45) is 0 Å². The number of aromatic nitrogens is 2. The number of cyclic esters (lactones) is 1. The monoisotopic (exact) mass is 612 g/mol. The number of hydrogen-bond acceptors (Lipinski definition) is 9. The van der Waals surface area contributed by atoms with Crippen LogP contribution in [0.2, 0.25) is 0 Å². The summed E-state index contributed by atoms with van der Waals surface area (Å²) in [5.74, 6) is -0.552. The number of pyridine rings is 2. The Bertz CT molecular complexity index is 1720. The van der Waals surface area contributed by atoms with Crippen LogP contribution in [0.5, 0.6) is 5.75 Å². The van der Waals surface area contributed by atoms with Gasteiger partial charge in [0.2, 0.25) is 6.29 Å². The molecule has 2 saturated heterocycles. The molecule has 2 aromatic heterocycles. The van der Waals surface area contributed by atoms with Gasteiger partial charge in [0.1, 0.15) is 5.75 Å². The Labute approximate surface area is 255 Å². The molecule has 11 nitrogen and oxygen atoms in total. The van der Waals surface area contributed by atoms with Gasteiger partial charge in [0, 0.05) is 35.6 Å². The fourth-order valence-corrected chi connectivity index (χ4v) is 7.52. The summed E-state index contributed by atoms with van der Waals surface area (Å²) in [7, 11) is 0. The van der Waals surface area contributed by atoms with Crippen LogP contribution in [-0.2, 0) is 28.1 Å². The van der Waals surface area contributed by atoms with Crippen LogP contribution in [0.25, 0.3) is 22.3 Å². The number of likely N-dealkylation sites (tertiary alicyclic amines) is 2. The van der Waals surface area contributed by atoms with Crippen LogP contribution in [0.4, 0.5) is 4.79 Å². The molecule has 4 aliphatic heterocycles. The molecule has 4 aliphatic rings. The van der Waals surface area contributed by atoms with Crippen molar-refractivity contribution in [2.45, 2.75) is 83.3 Å². The highest BCUT2D eigenvalue weighted by atomic mass is 16.6. The lowest BCUT2D eigenvalue weighted by atomic mass is 9.85. The first-order valence-corrected chi connectivity index (χ1v) is 15.8. The number of aliphatic hydroxyl groups excluding tert-OH is 1. The lowest BCUT2D eigenvalue weighted by Gasteiger charge is -2.39. The standard InChI is InChI=1S/C33H38N4O7/c1-3-21-22-16-20(43-32(41)36-14-10-19(11-15-36)35-12-6-5-7-13-35)8-9-25(22)34-28-23(21)18-37-26(28)17-24-27(29(37)38)30(39)44-31(40)33(24,42)4-2/h8-9,16-17,19,30,39,42H,3-7,10-15,18H2,1-2H3/t30?,33-/m0/s1/i1+1,3+1,8+1,9+1,16+1,20+1,21+1,22+1,25+1,35+1. The average molecular weight is 613 g/mol. The smallest absolute Gasteiger partial charge is 0.415 e. The number of carbonyl (C=O) groups excluding carboxylic acids is 2. The minimum Gasteiger partial charge on any atom is -0.429 e. The lowest BCUT2D eigenvalue weighted by Crippen LogP contribution is -2.48. The van der Waals surface area contributed by atoms with Crippen molar-refractivity contribution in [3.63, 3.8) is 0 Å². The largest absolute Gasteiger partial charge is 0.429 e. The zero-order valence-electron chi connectivity index (χ0n) is 25.2. The molecular formula is C33H38N4O7. The normalized spacial score (nSPS) is 23.7. The van der Waals surface area contributed by atoms with Gasteiger partial charge in [0.25, 0.3) is 5.56 Å². The molecule has 2 atom stereocenters. The van der Waals surface area contributed by atoms with Crippen LogP contribution in [0.15, 0.2) is 29.1 Å². The molecule has 1 amide bonds. The molecule has 44 heavy (non-hydrogen) atoms. The van der Waals surface area contributed by atoms with E-state index in [2.05, 4.69) is 4.90 Å². The van der Waals surface area contributed by atoms with E-state index in [1.54, 1.807) is 24.0 Å². The number of esters is 1. The number of hydrogen-bond donors (Lipinski definition) is 2. The van der Waals surface area contributed by atoms with E-state index in [1.165, 1.54) is 23.8 Å². The number of aliphatic hydroxyl groups is 2. The minimum absolute atomic E-state index is 0.0232.